The molecule has 11 heteroatoms. The minimum absolute atomic E-state index is 0.0750. The minimum atomic E-state index is -3.85. The number of carbonyl (C=O) groups is 2. The molecule has 0 fully saturated rings. The molecule has 2 amide bonds. The molecular formula is C22H28ClN3O6S. The van der Waals surface area contributed by atoms with Crippen LogP contribution in [-0.4, -0.2) is 65.2 Å². The van der Waals surface area contributed by atoms with E-state index < -0.39 is 28.5 Å². The lowest BCUT2D eigenvalue weighted by atomic mass is 10.1. The maximum Gasteiger partial charge on any atom is 0.244 e. The van der Waals surface area contributed by atoms with Crippen molar-refractivity contribution >= 4 is 39.1 Å². The quantitative estimate of drug-likeness (QED) is 0.540. The zero-order chi connectivity index (χ0) is 24.8. The molecule has 0 radical (unpaired) electrons. The van der Waals surface area contributed by atoms with Crippen LogP contribution < -0.4 is 19.1 Å². The summed E-state index contributed by atoms with van der Waals surface area (Å²) in [5, 5.41) is 2.72. The standard InChI is InChI=1S/C22H28ClN3O6S/c1-15(22(28)24-2)25(13-16-7-6-8-18(11-16)31-3)21(27)14-26(33(5,29)30)17-9-10-20(32-4)19(23)12-17/h6-12,15H,13-14H2,1-5H3,(H,24,28)/t15-/m0/s1. The maximum absolute atomic E-state index is 13.4. The fraction of sp³-hybridized carbons (Fsp3) is 0.364. The molecule has 1 atom stereocenters. The third-order valence-corrected chi connectivity index (χ3v) is 6.44. The highest BCUT2D eigenvalue weighted by molar-refractivity contribution is 7.92. The molecule has 0 saturated carbocycles. The molecule has 0 aliphatic heterocycles. The number of ether oxygens (including phenoxy) is 2. The molecule has 2 rings (SSSR count). The number of rotatable bonds is 10. The van der Waals surface area contributed by atoms with E-state index in [4.69, 9.17) is 21.1 Å². The topological polar surface area (TPSA) is 105 Å². The van der Waals surface area contributed by atoms with Gasteiger partial charge in [0.15, 0.2) is 0 Å². The zero-order valence-electron chi connectivity index (χ0n) is 19.2. The van der Waals surface area contributed by atoms with E-state index in [0.717, 1.165) is 16.1 Å². The number of nitrogens with zero attached hydrogens (tertiary/aromatic N) is 2. The summed E-state index contributed by atoms with van der Waals surface area (Å²) in [6.45, 7) is 1.13. The monoisotopic (exact) mass is 497 g/mol. The summed E-state index contributed by atoms with van der Waals surface area (Å²) in [7, 11) is 0.582. The first-order valence-electron chi connectivity index (χ1n) is 9.97. The van der Waals surface area contributed by atoms with E-state index in [9.17, 15) is 18.0 Å². The first-order valence-corrected chi connectivity index (χ1v) is 12.2. The minimum Gasteiger partial charge on any atom is -0.497 e. The van der Waals surface area contributed by atoms with Crippen LogP contribution >= 0.6 is 11.6 Å². The molecule has 0 saturated heterocycles. The fourth-order valence-electron chi connectivity index (χ4n) is 3.18. The average molecular weight is 498 g/mol. The summed E-state index contributed by atoms with van der Waals surface area (Å²) < 4.78 is 36.4. The Morgan fingerprint density at radius 3 is 2.36 bits per heavy atom. The average Bonchev–Trinajstić information content (AvgIpc) is 2.79. The third-order valence-electron chi connectivity index (χ3n) is 5.00. The molecule has 9 nitrogen and oxygen atoms in total. The van der Waals surface area contributed by atoms with Gasteiger partial charge < -0.3 is 19.7 Å². The van der Waals surface area contributed by atoms with Crippen LogP contribution in [0.4, 0.5) is 5.69 Å². The van der Waals surface area contributed by atoms with Crippen molar-refractivity contribution in [3.8, 4) is 11.5 Å². The molecule has 33 heavy (non-hydrogen) atoms. The second kappa shape index (κ2) is 11.2. The van der Waals surface area contributed by atoms with Crippen LogP contribution in [0.1, 0.15) is 12.5 Å². The number of halogens is 1. The summed E-state index contributed by atoms with van der Waals surface area (Å²) in [6, 6.07) is 10.6. The fourth-order valence-corrected chi connectivity index (χ4v) is 4.28. The summed E-state index contributed by atoms with van der Waals surface area (Å²) in [5.74, 6) is 0.0159. The van der Waals surface area contributed by atoms with Gasteiger partial charge in [0.25, 0.3) is 0 Å². The Morgan fingerprint density at radius 2 is 1.82 bits per heavy atom. The Balaban J connectivity index is 2.41. The number of nitrogens with one attached hydrogen (secondary N) is 1. The van der Waals surface area contributed by atoms with Gasteiger partial charge >= 0.3 is 0 Å². The van der Waals surface area contributed by atoms with Gasteiger partial charge in [-0.2, -0.15) is 0 Å². The first kappa shape index (κ1) is 26.3. The van der Waals surface area contributed by atoms with Gasteiger partial charge in [-0.3, -0.25) is 13.9 Å². The number of methoxy groups -OCH3 is 2. The van der Waals surface area contributed by atoms with E-state index in [-0.39, 0.29) is 23.2 Å². The van der Waals surface area contributed by atoms with Crippen LogP contribution in [0.3, 0.4) is 0 Å². The highest BCUT2D eigenvalue weighted by atomic mass is 35.5. The zero-order valence-corrected chi connectivity index (χ0v) is 20.7. The van der Waals surface area contributed by atoms with E-state index in [0.29, 0.717) is 11.5 Å². The van der Waals surface area contributed by atoms with Gasteiger partial charge in [0.2, 0.25) is 21.8 Å². The highest BCUT2D eigenvalue weighted by Crippen LogP contribution is 2.30. The van der Waals surface area contributed by atoms with E-state index in [2.05, 4.69) is 5.32 Å². The van der Waals surface area contributed by atoms with Crippen LogP contribution in [0.2, 0.25) is 5.02 Å². The normalized spacial score (nSPS) is 11.9. The van der Waals surface area contributed by atoms with Crippen molar-refractivity contribution < 1.29 is 27.5 Å². The van der Waals surface area contributed by atoms with Crippen molar-refractivity contribution in [2.45, 2.75) is 19.5 Å². The molecule has 0 aliphatic carbocycles. The largest absolute Gasteiger partial charge is 0.497 e. The van der Waals surface area contributed by atoms with Gasteiger partial charge in [0.1, 0.15) is 24.1 Å². The number of amides is 2. The van der Waals surface area contributed by atoms with Crippen LogP contribution in [0.15, 0.2) is 42.5 Å². The van der Waals surface area contributed by atoms with Gasteiger partial charge in [-0.25, -0.2) is 8.42 Å². The van der Waals surface area contributed by atoms with Gasteiger partial charge in [0.05, 0.1) is 31.2 Å². The lowest BCUT2D eigenvalue weighted by Crippen LogP contribution is -2.50. The summed E-state index contributed by atoms with van der Waals surface area (Å²) in [5.41, 5.74) is 0.919. The number of carbonyl (C=O) groups excluding carboxylic acids is 2. The number of sulfonamides is 1. The number of hydrogen-bond acceptors (Lipinski definition) is 6. The number of anilines is 1. The van der Waals surface area contributed by atoms with E-state index in [1.54, 1.807) is 31.2 Å². The van der Waals surface area contributed by atoms with Crippen molar-refractivity contribution in [3.05, 3.63) is 53.1 Å². The molecule has 0 spiro atoms. The molecule has 1 N–H and O–H groups in total. The molecular weight excluding hydrogens is 470 g/mol. The maximum atomic E-state index is 13.4. The van der Waals surface area contributed by atoms with E-state index >= 15 is 0 Å². The van der Waals surface area contributed by atoms with Crippen molar-refractivity contribution in [2.75, 3.05) is 38.4 Å². The molecule has 2 aromatic carbocycles. The third kappa shape index (κ3) is 6.75. The SMILES string of the molecule is CNC(=O)[C@H](C)N(Cc1cccc(OC)c1)C(=O)CN(c1ccc(OC)c(Cl)c1)S(C)(=O)=O. The molecule has 0 unspecified atom stereocenters. The first-order chi connectivity index (χ1) is 15.5. The molecule has 0 aliphatic rings. The van der Waals surface area contributed by atoms with Crippen molar-refractivity contribution in [2.24, 2.45) is 0 Å². The van der Waals surface area contributed by atoms with Crippen molar-refractivity contribution in [1.29, 1.82) is 0 Å². The van der Waals surface area contributed by atoms with Gasteiger partial charge in [0, 0.05) is 13.6 Å². The Hall–Kier alpha value is -2.98. The second-order valence-electron chi connectivity index (χ2n) is 7.25. The van der Waals surface area contributed by atoms with Crippen molar-refractivity contribution in [3.63, 3.8) is 0 Å². The molecule has 180 valence electrons. The van der Waals surface area contributed by atoms with Crippen LogP contribution in [0, 0.1) is 0 Å². The van der Waals surface area contributed by atoms with Crippen LogP contribution in [-0.2, 0) is 26.2 Å². The van der Waals surface area contributed by atoms with Gasteiger partial charge in [-0.1, -0.05) is 23.7 Å². The summed E-state index contributed by atoms with van der Waals surface area (Å²) in [6.07, 6.45) is 0.993. The van der Waals surface area contributed by atoms with E-state index in [1.165, 1.54) is 44.4 Å². The summed E-state index contributed by atoms with van der Waals surface area (Å²) in [4.78, 5) is 27.0. The molecule has 0 bridgehead atoms. The molecule has 2 aromatic rings. The summed E-state index contributed by atoms with van der Waals surface area (Å²) >= 11 is 6.16. The lowest BCUT2D eigenvalue weighted by molar-refractivity contribution is -0.139. The smallest absolute Gasteiger partial charge is 0.244 e. The highest BCUT2D eigenvalue weighted by Gasteiger charge is 2.30. The van der Waals surface area contributed by atoms with Crippen molar-refractivity contribution in [1.82, 2.24) is 10.2 Å². The number of likely N-dealkylation sites (N-methyl/N-ethyl adjacent to an activating group) is 1. The molecule has 0 aromatic heterocycles. The Kier molecular flexibility index (Phi) is 8.95. The predicted octanol–water partition coefficient (Wildman–Crippen LogP) is 2.29. The second-order valence-corrected chi connectivity index (χ2v) is 9.57. The van der Waals surface area contributed by atoms with Crippen LogP contribution in [0.25, 0.3) is 0 Å². The predicted molar refractivity (Wildman–Crippen MR) is 127 cm³/mol. The lowest BCUT2D eigenvalue weighted by Gasteiger charge is -2.31. The number of benzene rings is 2. The van der Waals surface area contributed by atoms with E-state index in [1.807, 2.05) is 0 Å². The molecule has 0 heterocycles. The Bertz CT molecular complexity index is 1110. The van der Waals surface area contributed by atoms with Gasteiger partial charge in [-0.05, 0) is 42.8 Å². The Labute approximate surface area is 199 Å². The van der Waals surface area contributed by atoms with Crippen LogP contribution in [0.5, 0.6) is 11.5 Å². The Morgan fingerprint density at radius 1 is 1.12 bits per heavy atom. The van der Waals surface area contributed by atoms with Gasteiger partial charge in [-0.15, -0.1) is 0 Å². The number of hydrogen-bond donors (Lipinski definition) is 1.